The Morgan fingerprint density at radius 3 is 2.69 bits per heavy atom. The summed E-state index contributed by atoms with van der Waals surface area (Å²) < 4.78 is 0. The minimum atomic E-state index is -0.979. The van der Waals surface area contributed by atoms with Crippen molar-refractivity contribution in [2.24, 2.45) is 11.8 Å². The molecule has 0 aromatic rings. The highest BCUT2D eigenvalue weighted by molar-refractivity contribution is 5.69. The second kappa shape index (κ2) is 4.08. The van der Waals surface area contributed by atoms with Gasteiger partial charge in [0.05, 0.1) is 6.07 Å². The van der Waals surface area contributed by atoms with E-state index in [1.807, 2.05) is 13.0 Å². The third kappa shape index (κ3) is 2.09. The Balaban J connectivity index is 2.75. The maximum Gasteiger partial charge on any atom is 0.0911 e. The lowest BCUT2D eigenvalue weighted by molar-refractivity contribution is -0.312. The number of hydrogen-bond donors (Lipinski definition) is 0. The lowest BCUT2D eigenvalue weighted by Gasteiger charge is -2.20. The first-order chi connectivity index (χ1) is 6.16. The van der Waals surface area contributed by atoms with E-state index >= 15 is 0 Å². The smallest absolute Gasteiger partial charge is 0.0911 e. The number of allylic oxidation sites excluding steroid dienone is 2. The Labute approximate surface area is 77.7 Å². The lowest BCUT2D eigenvalue weighted by atomic mass is 9.89. The quantitative estimate of drug-likeness (QED) is 0.582. The summed E-state index contributed by atoms with van der Waals surface area (Å²) in [7, 11) is 0. The fraction of sp³-hybridized carbons (Fsp3) is 0.600. The predicted octanol–water partition coefficient (Wildman–Crippen LogP) is 0.622. The van der Waals surface area contributed by atoms with Crippen LogP contribution in [0.3, 0.4) is 0 Å². The lowest BCUT2D eigenvalue weighted by Crippen LogP contribution is -2.33. The Hall–Kier alpha value is -1.30. The molecule has 0 heterocycles. The first-order valence-electron chi connectivity index (χ1n) is 4.44. The molecule has 1 saturated carbocycles. The molecule has 0 aliphatic heterocycles. The molecule has 0 aromatic heterocycles. The summed E-state index contributed by atoms with van der Waals surface area (Å²) in [6.07, 6.45) is 3.90. The fourth-order valence-electron chi connectivity index (χ4n) is 2.00. The SMILES string of the molecule is C/C(=C\C#N)C1CCCC1C(=O)[O-]. The molecule has 1 aliphatic carbocycles. The van der Waals surface area contributed by atoms with Crippen LogP contribution >= 0.6 is 0 Å². The van der Waals surface area contributed by atoms with Crippen LogP contribution in [0.4, 0.5) is 0 Å². The molecule has 0 radical (unpaired) electrons. The Morgan fingerprint density at radius 1 is 1.54 bits per heavy atom. The predicted molar refractivity (Wildman–Crippen MR) is 45.2 cm³/mol. The van der Waals surface area contributed by atoms with Crippen LogP contribution < -0.4 is 5.11 Å². The van der Waals surface area contributed by atoms with Crippen LogP contribution in [0.15, 0.2) is 11.6 Å². The largest absolute Gasteiger partial charge is 0.550 e. The van der Waals surface area contributed by atoms with E-state index in [-0.39, 0.29) is 11.8 Å². The first-order valence-corrected chi connectivity index (χ1v) is 4.44. The minimum Gasteiger partial charge on any atom is -0.550 e. The molecule has 70 valence electrons. The zero-order valence-electron chi connectivity index (χ0n) is 7.62. The molecule has 3 nitrogen and oxygen atoms in total. The number of carboxylic acids is 1. The van der Waals surface area contributed by atoms with Crippen LogP contribution in [-0.4, -0.2) is 5.97 Å². The van der Waals surface area contributed by atoms with Gasteiger partial charge in [0.1, 0.15) is 0 Å². The van der Waals surface area contributed by atoms with E-state index in [9.17, 15) is 9.90 Å². The Morgan fingerprint density at radius 2 is 2.15 bits per heavy atom. The number of aliphatic carboxylic acids is 1. The van der Waals surface area contributed by atoms with Crippen LogP contribution in [0.5, 0.6) is 0 Å². The van der Waals surface area contributed by atoms with Gasteiger partial charge in [-0.2, -0.15) is 5.26 Å². The molecule has 2 unspecified atom stereocenters. The monoisotopic (exact) mass is 178 g/mol. The van der Waals surface area contributed by atoms with Gasteiger partial charge in [0.25, 0.3) is 0 Å². The highest BCUT2D eigenvalue weighted by Gasteiger charge is 2.29. The fourth-order valence-corrected chi connectivity index (χ4v) is 2.00. The van der Waals surface area contributed by atoms with Gasteiger partial charge in [-0.1, -0.05) is 12.0 Å². The second-order valence-corrected chi connectivity index (χ2v) is 3.48. The molecule has 1 fully saturated rings. The van der Waals surface area contributed by atoms with Crippen LogP contribution in [0, 0.1) is 23.2 Å². The van der Waals surface area contributed by atoms with Crippen molar-refractivity contribution in [1.82, 2.24) is 0 Å². The van der Waals surface area contributed by atoms with Gasteiger partial charge in [0.2, 0.25) is 0 Å². The minimum absolute atomic E-state index is 0.0182. The number of rotatable bonds is 2. The molecule has 1 aliphatic rings. The van der Waals surface area contributed by atoms with Crippen molar-refractivity contribution in [2.45, 2.75) is 26.2 Å². The van der Waals surface area contributed by atoms with Gasteiger partial charge in [0.15, 0.2) is 0 Å². The number of carboxylic acid groups (broad SMARTS) is 1. The summed E-state index contributed by atoms with van der Waals surface area (Å²) >= 11 is 0. The van der Waals surface area contributed by atoms with Crippen LogP contribution in [0.1, 0.15) is 26.2 Å². The summed E-state index contributed by atoms with van der Waals surface area (Å²) in [5, 5.41) is 19.1. The second-order valence-electron chi connectivity index (χ2n) is 3.48. The van der Waals surface area contributed by atoms with Crippen LogP contribution in [-0.2, 0) is 4.79 Å². The van der Waals surface area contributed by atoms with E-state index in [2.05, 4.69) is 0 Å². The van der Waals surface area contributed by atoms with Crippen molar-refractivity contribution in [3.8, 4) is 6.07 Å². The summed E-state index contributed by atoms with van der Waals surface area (Å²) in [6.45, 7) is 1.81. The van der Waals surface area contributed by atoms with E-state index in [4.69, 9.17) is 5.26 Å². The van der Waals surface area contributed by atoms with Gasteiger partial charge < -0.3 is 9.90 Å². The summed E-state index contributed by atoms with van der Waals surface area (Å²) in [6, 6.07) is 1.93. The highest BCUT2D eigenvalue weighted by atomic mass is 16.4. The maximum atomic E-state index is 10.7. The van der Waals surface area contributed by atoms with Gasteiger partial charge in [0, 0.05) is 18.0 Å². The third-order valence-electron chi connectivity index (χ3n) is 2.70. The average Bonchev–Trinajstić information content (AvgIpc) is 2.52. The molecule has 0 N–H and O–H groups in total. The van der Waals surface area contributed by atoms with Crippen LogP contribution in [0.2, 0.25) is 0 Å². The van der Waals surface area contributed by atoms with E-state index < -0.39 is 5.97 Å². The van der Waals surface area contributed by atoms with E-state index in [0.29, 0.717) is 6.42 Å². The van der Waals surface area contributed by atoms with Gasteiger partial charge in [-0.25, -0.2) is 0 Å². The number of carbonyl (C=O) groups is 1. The van der Waals surface area contributed by atoms with Crippen molar-refractivity contribution in [3.63, 3.8) is 0 Å². The third-order valence-corrected chi connectivity index (χ3v) is 2.70. The van der Waals surface area contributed by atoms with E-state index in [1.54, 1.807) is 0 Å². The normalized spacial score (nSPS) is 28.5. The maximum absolute atomic E-state index is 10.7. The van der Waals surface area contributed by atoms with Gasteiger partial charge in [-0.3, -0.25) is 0 Å². The summed E-state index contributed by atoms with van der Waals surface area (Å²) in [4.78, 5) is 10.7. The van der Waals surface area contributed by atoms with Crippen molar-refractivity contribution >= 4 is 5.97 Å². The highest BCUT2D eigenvalue weighted by Crippen LogP contribution is 2.36. The Kier molecular flexibility index (Phi) is 3.07. The number of nitriles is 1. The average molecular weight is 178 g/mol. The van der Waals surface area contributed by atoms with E-state index in [0.717, 1.165) is 18.4 Å². The number of nitrogens with zero attached hydrogens (tertiary/aromatic N) is 1. The van der Waals surface area contributed by atoms with Crippen LogP contribution in [0.25, 0.3) is 0 Å². The summed E-state index contributed by atoms with van der Waals surface area (Å²) in [5.74, 6) is -1.34. The molecule has 1 rings (SSSR count). The molecule has 3 heteroatoms. The van der Waals surface area contributed by atoms with Gasteiger partial charge in [-0.15, -0.1) is 0 Å². The van der Waals surface area contributed by atoms with E-state index in [1.165, 1.54) is 6.08 Å². The molecular formula is C10H12NO2-. The number of hydrogen-bond acceptors (Lipinski definition) is 3. The Bertz CT molecular complexity index is 275. The molecule has 0 amide bonds. The topological polar surface area (TPSA) is 63.9 Å². The summed E-state index contributed by atoms with van der Waals surface area (Å²) in [5.41, 5.74) is 0.870. The molecule has 0 bridgehead atoms. The van der Waals surface area contributed by atoms with Crippen molar-refractivity contribution in [1.29, 1.82) is 5.26 Å². The number of carbonyl (C=O) groups excluding carboxylic acids is 1. The molecule has 2 atom stereocenters. The molecule has 0 saturated heterocycles. The van der Waals surface area contributed by atoms with Gasteiger partial charge >= 0.3 is 0 Å². The zero-order chi connectivity index (χ0) is 9.84. The standard InChI is InChI=1S/C10H13NO2/c1-7(5-6-11)8-3-2-4-9(8)10(12)13/h5,8-9H,2-4H2,1H3,(H,12,13)/p-1/b7-5+. The van der Waals surface area contributed by atoms with Crippen molar-refractivity contribution in [3.05, 3.63) is 11.6 Å². The zero-order valence-corrected chi connectivity index (χ0v) is 7.62. The molecular weight excluding hydrogens is 166 g/mol. The van der Waals surface area contributed by atoms with Crippen molar-refractivity contribution in [2.75, 3.05) is 0 Å². The molecule has 0 spiro atoms. The van der Waals surface area contributed by atoms with Gasteiger partial charge in [-0.05, 0) is 25.7 Å². The first kappa shape index (κ1) is 9.79. The molecule has 0 aromatic carbocycles. The molecule has 13 heavy (non-hydrogen) atoms. The van der Waals surface area contributed by atoms with Crippen molar-refractivity contribution < 1.29 is 9.90 Å².